The molecule has 35 heavy (non-hydrogen) atoms. The molecule has 0 saturated heterocycles. The number of esters is 1. The van der Waals surface area contributed by atoms with Gasteiger partial charge in [0.25, 0.3) is 0 Å². The lowest BCUT2D eigenvalue weighted by Crippen LogP contribution is -2.28. The molecule has 2 rings (SSSR count). The van der Waals surface area contributed by atoms with E-state index in [1.54, 1.807) is 0 Å². The highest BCUT2D eigenvalue weighted by molar-refractivity contribution is 5.70. The highest BCUT2D eigenvalue weighted by atomic mass is 16.8. The van der Waals surface area contributed by atoms with Crippen molar-refractivity contribution in [2.75, 3.05) is 28.4 Å². The molecule has 0 spiro atoms. The molecule has 0 unspecified atom stereocenters. The van der Waals surface area contributed by atoms with Crippen LogP contribution in [-0.4, -0.2) is 53.0 Å². The molecular formula is C27H38O8. The summed E-state index contributed by atoms with van der Waals surface area (Å²) < 4.78 is 37.3. The van der Waals surface area contributed by atoms with Crippen LogP contribution in [0.4, 0.5) is 0 Å². The third-order valence-electron chi connectivity index (χ3n) is 5.47. The Morgan fingerprint density at radius 2 is 1.06 bits per heavy atom. The minimum absolute atomic E-state index is 0.241. The van der Waals surface area contributed by atoms with Crippen LogP contribution in [-0.2, 0) is 33.9 Å². The number of methoxy groups -OCH3 is 4. The second-order valence-corrected chi connectivity index (χ2v) is 9.22. The van der Waals surface area contributed by atoms with Crippen LogP contribution in [0.2, 0.25) is 0 Å². The fraction of sp³-hybridized carbons (Fsp3) is 0.519. The zero-order valence-electron chi connectivity index (χ0n) is 22.0. The molecule has 0 saturated carbocycles. The molecule has 0 aliphatic carbocycles. The first-order chi connectivity index (χ1) is 16.5. The second kappa shape index (κ2) is 12.9. The summed E-state index contributed by atoms with van der Waals surface area (Å²) in [6, 6.07) is 15.3. The van der Waals surface area contributed by atoms with Crippen molar-refractivity contribution in [1.82, 2.24) is 0 Å². The smallest absolute Gasteiger partial charge is 0.315 e. The van der Waals surface area contributed by atoms with E-state index in [0.717, 1.165) is 11.1 Å². The van der Waals surface area contributed by atoms with Crippen molar-refractivity contribution in [2.24, 2.45) is 0 Å². The topological polar surface area (TPSA) is 81.7 Å². The van der Waals surface area contributed by atoms with E-state index in [0.29, 0.717) is 17.9 Å². The van der Waals surface area contributed by atoms with Crippen molar-refractivity contribution in [3.63, 3.8) is 0 Å². The quantitative estimate of drug-likeness (QED) is 0.286. The van der Waals surface area contributed by atoms with Crippen molar-refractivity contribution in [3.05, 3.63) is 59.7 Å². The van der Waals surface area contributed by atoms with Gasteiger partial charge in [-0.3, -0.25) is 4.79 Å². The number of rotatable bonds is 13. The summed E-state index contributed by atoms with van der Waals surface area (Å²) in [5.74, 6) is 0.964. The molecule has 2 aromatic carbocycles. The van der Waals surface area contributed by atoms with Crippen molar-refractivity contribution in [2.45, 2.75) is 64.5 Å². The Bertz CT molecular complexity index is 837. The first kappa shape index (κ1) is 28.6. The summed E-state index contributed by atoms with van der Waals surface area (Å²) in [4.78, 5) is 12.5. The number of carbonyl (C=O) groups is 1. The van der Waals surface area contributed by atoms with Crippen molar-refractivity contribution in [1.29, 1.82) is 0 Å². The number of hydrogen-bond acceptors (Lipinski definition) is 8. The van der Waals surface area contributed by atoms with Crippen LogP contribution < -0.4 is 9.47 Å². The van der Waals surface area contributed by atoms with Gasteiger partial charge in [0.05, 0.1) is 0 Å². The van der Waals surface area contributed by atoms with E-state index >= 15 is 0 Å². The van der Waals surface area contributed by atoms with Gasteiger partial charge < -0.3 is 33.2 Å². The lowest BCUT2D eigenvalue weighted by molar-refractivity contribution is -0.219. The zero-order chi connectivity index (χ0) is 26.1. The minimum Gasteiger partial charge on any atom is -0.460 e. The van der Waals surface area contributed by atoms with E-state index in [9.17, 15) is 4.79 Å². The number of benzene rings is 2. The SMILES string of the molecule is COC(OC)Oc1ccc(C(C)(CCC(=O)OC(C)(C)C)c2ccc(OC(OC)OC)cc2)cc1. The molecule has 194 valence electrons. The Morgan fingerprint density at radius 3 is 1.37 bits per heavy atom. The second-order valence-electron chi connectivity index (χ2n) is 9.22. The van der Waals surface area contributed by atoms with Gasteiger partial charge in [-0.25, -0.2) is 0 Å². The summed E-state index contributed by atoms with van der Waals surface area (Å²) in [6.45, 7) is 6.10. The molecule has 0 fully saturated rings. The van der Waals surface area contributed by atoms with Crippen molar-refractivity contribution in [3.8, 4) is 11.5 Å². The molecule has 0 heterocycles. The molecule has 0 radical (unpaired) electrons. The van der Waals surface area contributed by atoms with Gasteiger partial charge >= 0.3 is 18.9 Å². The molecule has 0 aromatic heterocycles. The van der Waals surface area contributed by atoms with E-state index in [1.807, 2.05) is 69.3 Å². The third-order valence-corrected chi connectivity index (χ3v) is 5.47. The van der Waals surface area contributed by atoms with Gasteiger partial charge in [0, 0.05) is 40.3 Å². The van der Waals surface area contributed by atoms with E-state index in [1.165, 1.54) is 28.4 Å². The van der Waals surface area contributed by atoms with Crippen LogP contribution in [0.3, 0.4) is 0 Å². The predicted molar refractivity (Wildman–Crippen MR) is 131 cm³/mol. The van der Waals surface area contributed by atoms with Gasteiger partial charge in [-0.2, -0.15) is 0 Å². The fourth-order valence-electron chi connectivity index (χ4n) is 3.61. The molecule has 0 amide bonds. The Balaban J connectivity index is 2.33. The van der Waals surface area contributed by atoms with Crippen molar-refractivity contribution < 1.29 is 38.0 Å². The largest absolute Gasteiger partial charge is 0.460 e. The Hall–Kier alpha value is -2.65. The van der Waals surface area contributed by atoms with E-state index in [4.69, 9.17) is 33.2 Å². The number of carbonyl (C=O) groups excluding carboxylic acids is 1. The molecule has 0 aliphatic rings. The van der Waals surface area contributed by atoms with Crippen LogP contribution >= 0.6 is 0 Å². The lowest BCUT2D eigenvalue weighted by Gasteiger charge is -2.32. The van der Waals surface area contributed by atoms with Crippen LogP contribution in [0.1, 0.15) is 51.7 Å². The van der Waals surface area contributed by atoms with E-state index < -0.39 is 24.0 Å². The average molecular weight is 491 g/mol. The van der Waals surface area contributed by atoms with E-state index in [-0.39, 0.29) is 12.4 Å². The summed E-state index contributed by atoms with van der Waals surface area (Å²) >= 11 is 0. The maximum atomic E-state index is 12.5. The predicted octanol–water partition coefficient (Wildman–Crippen LogP) is 5.02. The highest BCUT2D eigenvalue weighted by Crippen LogP contribution is 2.38. The van der Waals surface area contributed by atoms with Gasteiger partial charge in [-0.1, -0.05) is 31.2 Å². The van der Waals surface area contributed by atoms with Gasteiger partial charge in [-0.05, 0) is 62.6 Å². The molecule has 0 N–H and O–H groups in total. The summed E-state index contributed by atoms with van der Waals surface area (Å²) in [7, 11) is 6.02. The molecular weight excluding hydrogens is 452 g/mol. The number of ether oxygens (including phenoxy) is 7. The van der Waals surface area contributed by atoms with Crippen LogP contribution in [0.15, 0.2) is 48.5 Å². The highest BCUT2D eigenvalue weighted by Gasteiger charge is 2.31. The maximum absolute atomic E-state index is 12.5. The van der Waals surface area contributed by atoms with Crippen LogP contribution in [0.25, 0.3) is 0 Å². The molecule has 8 heteroatoms. The number of hydrogen-bond donors (Lipinski definition) is 0. The molecule has 0 bridgehead atoms. The lowest BCUT2D eigenvalue weighted by atomic mass is 9.73. The normalized spacial score (nSPS) is 12.2. The van der Waals surface area contributed by atoms with Gasteiger partial charge in [0.2, 0.25) is 0 Å². The maximum Gasteiger partial charge on any atom is 0.315 e. The van der Waals surface area contributed by atoms with Crippen molar-refractivity contribution >= 4 is 5.97 Å². The molecule has 0 atom stereocenters. The Morgan fingerprint density at radius 1 is 0.686 bits per heavy atom. The standard InChI is InChI=1S/C27H38O8/c1-26(2,3)35-23(28)17-18-27(4,19-9-13-21(14-10-19)33-24(29-5)30-6)20-11-15-22(16-12-20)34-25(31-7)32-8/h9-16,24-25H,17-18H2,1-8H3. The molecule has 2 aromatic rings. The first-order valence-corrected chi connectivity index (χ1v) is 11.4. The minimum atomic E-state index is -0.796. The first-order valence-electron chi connectivity index (χ1n) is 11.4. The Kier molecular flexibility index (Phi) is 10.5. The van der Waals surface area contributed by atoms with E-state index in [2.05, 4.69) is 6.92 Å². The van der Waals surface area contributed by atoms with Crippen LogP contribution in [0, 0.1) is 0 Å². The zero-order valence-corrected chi connectivity index (χ0v) is 22.0. The monoisotopic (exact) mass is 490 g/mol. The fourth-order valence-corrected chi connectivity index (χ4v) is 3.61. The van der Waals surface area contributed by atoms with Gasteiger partial charge in [0.1, 0.15) is 17.1 Å². The van der Waals surface area contributed by atoms with Crippen LogP contribution in [0.5, 0.6) is 11.5 Å². The average Bonchev–Trinajstić information content (AvgIpc) is 2.84. The molecule has 8 nitrogen and oxygen atoms in total. The third kappa shape index (κ3) is 8.50. The van der Waals surface area contributed by atoms with Gasteiger partial charge in [0.15, 0.2) is 0 Å². The molecule has 0 aliphatic heterocycles. The Labute approximate surface area is 208 Å². The van der Waals surface area contributed by atoms with Gasteiger partial charge in [-0.15, -0.1) is 0 Å². The summed E-state index contributed by atoms with van der Waals surface area (Å²) in [5.41, 5.74) is 1.00. The summed E-state index contributed by atoms with van der Waals surface area (Å²) in [5, 5.41) is 0. The summed E-state index contributed by atoms with van der Waals surface area (Å²) in [6.07, 6.45) is 0.801.